The number of amidine groups is 1. The van der Waals surface area contributed by atoms with Crippen LogP contribution in [0.3, 0.4) is 0 Å². The molecule has 70 valence electrons. The standard InChI is InChI=1S/C10H17BN2/c1-7(2)6-8(11)13-9(12)10(3,4)5/h6H,1H2,2-5H3,(H2,12,13)/b8-6-. The average molecular weight is 176 g/mol. The van der Waals surface area contributed by atoms with Crippen LogP contribution in [0.1, 0.15) is 27.7 Å². The lowest BCUT2D eigenvalue weighted by atomic mass is 9.94. The Hall–Kier alpha value is -0.985. The summed E-state index contributed by atoms with van der Waals surface area (Å²) < 4.78 is 0. The maximum atomic E-state index is 5.73. The summed E-state index contributed by atoms with van der Waals surface area (Å²) in [4.78, 5) is 4.06. The van der Waals surface area contributed by atoms with E-state index in [-0.39, 0.29) is 5.41 Å². The first-order valence-electron chi connectivity index (χ1n) is 4.21. The molecule has 0 heterocycles. The van der Waals surface area contributed by atoms with E-state index in [4.69, 9.17) is 13.6 Å². The van der Waals surface area contributed by atoms with Gasteiger partial charge in [-0.1, -0.05) is 32.9 Å². The van der Waals surface area contributed by atoms with Crippen molar-refractivity contribution in [1.82, 2.24) is 0 Å². The summed E-state index contributed by atoms with van der Waals surface area (Å²) in [6.07, 6.45) is 1.69. The van der Waals surface area contributed by atoms with E-state index < -0.39 is 0 Å². The van der Waals surface area contributed by atoms with Gasteiger partial charge in [0, 0.05) is 5.41 Å². The lowest BCUT2D eigenvalue weighted by Gasteiger charge is -2.17. The van der Waals surface area contributed by atoms with Crippen LogP contribution in [0.5, 0.6) is 0 Å². The third-order valence-corrected chi connectivity index (χ3v) is 1.41. The fourth-order valence-electron chi connectivity index (χ4n) is 0.592. The van der Waals surface area contributed by atoms with Crippen LogP contribution >= 0.6 is 0 Å². The van der Waals surface area contributed by atoms with Crippen molar-refractivity contribution in [2.75, 3.05) is 0 Å². The van der Waals surface area contributed by atoms with Crippen LogP contribution < -0.4 is 5.73 Å². The molecule has 2 N–H and O–H groups in total. The van der Waals surface area contributed by atoms with Crippen molar-refractivity contribution in [1.29, 1.82) is 0 Å². The van der Waals surface area contributed by atoms with E-state index in [9.17, 15) is 0 Å². The van der Waals surface area contributed by atoms with Crippen LogP contribution in [-0.2, 0) is 0 Å². The number of aliphatic imine (C=N–C) groups is 1. The van der Waals surface area contributed by atoms with Gasteiger partial charge < -0.3 is 5.73 Å². The van der Waals surface area contributed by atoms with Crippen molar-refractivity contribution >= 4 is 13.7 Å². The summed E-state index contributed by atoms with van der Waals surface area (Å²) in [7, 11) is 5.60. The Labute approximate surface area is 82.0 Å². The van der Waals surface area contributed by atoms with Crippen molar-refractivity contribution in [3.8, 4) is 0 Å². The third kappa shape index (κ3) is 5.28. The quantitative estimate of drug-likeness (QED) is 0.297. The highest BCUT2D eigenvalue weighted by atomic mass is 14.9. The Kier molecular flexibility index (Phi) is 3.98. The molecule has 0 bridgehead atoms. The monoisotopic (exact) mass is 176 g/mol. The first kappa shape index (κ1) is 12.0. The molecule has 0 aliphatic carbocycles. The molecule has 0 aliphatic rings. The number of hydrogen-bond donors (Lipinski definition) is 1. The Morgan fingerprint density at radius 1 is 1.46 bits per heavy atom. The number of nitrogens with two attached hydrogens (primary N) is 1. The van der Waals surface area contributed by atoms with Gasteiger partial charge in [0.15, 0.2) is 0 Å². The molecular weight excluding hydrogens is 159 g/mol. The highest BCUT2D eigenvalue weighted by Crippen LogP contribution is 2.13. The van der Waals surface area contributed by atoms with E-state index in [1.165, 1.54) is 0 Å². The number of nitrogens with zero attached hydrogens (tertiary/aromatic N) is 1. The smallest absolute Gasteiger partial charge is 0.141 e. The molecule has 2 nitrogen and oxygen atoms in total. The second kappa shape index (κ2) is 4.31. The van der Waals surface area contributed by atoms with E-state index in [0.717, 1.165) is 5.57 Å². The van der Waals surface area contributed by atoms with Crippen LogP contribution in [0.15, 0.2) is 28.8 Å². The second-order valence-corrected chi connectivity index (χ2v) is 4.16. The van der Waals surface area contributed by atoms with E-state index in [1.807, 2.05) is 27.7 Å². The largest absolute Gasteiger partial charge is 0.387 e. The van der Waals surface area contributed by atoms with Gasteiger partial charge in [0.05, 0.1) is 0 Å². The summed E-state index contributed by atoms with van der Waals surface area (Å²) >= 11 is 0. The minimum Gasteiger partial charge on any atom is -0.387 e. The van der Waals surface area contributed by atoms with Crippen molar-refractivity contribution < 1.29 is 0 Å². The van der Waals surface area contributed by atoms with E-state index in [1.54, 1.807) is 6.08 Å². The maximum absolute atomic E-state index is 5.73. The Morgan fingerprint density at radius 3 is 2.23 bits per heavy atom. The van der Waals surface area contributed by atoms with Crippen LogP contribution in [0.4, 0.5) is 0 Å². The summed E-state index contributed by atoms with van der Waals surface area (Å²) in [5, 5.41) is 0. The van der Waals surface area contributed by atoms with Crippen LogP contribution in [0.2, 0.25) is 0 Å². The molecular formula is C10H17BN2. The minimum atomic E-state index is -0.145. The topological polar surface area (TPSA) is 38.4 Å². The zero-order valence-electron chi connectivity index (χ0n) is 8.89. The first-order valence-corrected chi connectivity index (χ1v) is 4.21. The number of rotatable bonds is 2. The molecule has 0 aromatic rings. The average Bonchev–Trinajstić information content (AvgIpc) is 1.82. The van der Waals surface area contributed by atoms with Gasteiger partial charge in [-0.2, -0.15) is 0 Å². The molecule has 0 spiro atoms. The molecule has 0 atom stereocenters. The van der Waals surface area contributed by atoms with Crippen LogP contribution in [0.25, 0.3) is 0 Å². The molecule has 0 unspecified atom stereocenters. The van der Waals surface area contributed by atoms with Gasteiger partial charge in [0.1, 0.15) is 13.7 Å². The Balaban J connectivity index is 4.67. The zero-order chi connectivity index (χ0) is 10.6. The predicted octanol–water partition coefficient (Wildman–Crippen LogP) is 1.98. The van der Waals surface area contributed by atoms with E-state index >= 15 is 0 Å². The maximum Gasteiger partial charge on any atom is 0.141 e. The molecule has 0 aromatic carbocycles. The lowest BCUT2D eigenvalue weighted by Crippen LogP contribution is -2.29. The summed E-state index contributed by atoms with van der Waals surface area (Å²) in [6, 6.07) is 0. The Bertz CT molecular complexity index is 257. The normalized spacial score (nSPS) is 14.5. The first-order chi connectivity index (χ1) is 5.73. The second-order valence-electron chi connectivity index (χ2n) is 4.16. The summed E-state index contributed by atoms with van der Waals surface area (Å²) in [5.41, 5.74) is 6.85. The zero-order valence-corrected chi connectivity index (χ0v) is 8.89. The predicted molar refractivity (Wildman–Crippen MR) is 59.7 cm³/mol. The van der Waals surface area contributed by atoms with Gasteiger partial charge in [0.2, 0.25) is 0 Å². The molecule has 0 amide bonds. The fraction of sp³-hybridized carbons (Fsp3) is 0.500. The van der Waals surface area contributed by atoms with Crippen LogP contribution in [0, 0.1) is 5.41 Å². The van der Waals surface area contributed by atoms with E-state index in [2.05, 4.69) is 11.6 Å². The van der Waals surface area contributed by atoms with Gasteiger partial charge >= 0.3 is 0 Å². The summed E-state index contributed by atoms with van der Waals surface area (Å²) in [5.74, 6) is 0.530. The fourth-order valence-corrected chi connectivity index (χ4v) is 0.592. The van der Waals surface area contributed by atoms with Gasteiger partial charge in [-0.05, 0) is 18.6 Å². The molecule has 0 saturated carbocycles. The van der Waals surface area contributed by atoms with Gasteiger partial charge in [-0.3, -0.25) is 4.99 Å². The number of hydrogen-bond acceptors (Lipinski definition) is 1. The van der Waals surface area contributed by atoms with Gasteiger partial charge in [0.25, 0.3) is 0 Å². The van der Waals surface area contributed by atoms with Crippen molar-refractivity contribution in [3.05, 3.63) is 23.8 Å². The molecule has 13 heavy (non-hydrogen) atoms. The third-order valence-electron chi connectivity index (χ3n) is 1.41. The van der Waals surface area contributed by atoms with Crippen molar-refractivity contribution in [3.63, 3.8) is 0 Å². The number of allylic oxidation sites excluding steroid dienone is 2. The van der Waals surface area contributed by atoms with Gasteiger partial charge in [-0.25, -0.2) is 0 Å². The van der Waals surface area contributed by atoms with E-state index in [0.29, 0.717) is 11.4 Å². The molecule has 2 radical (unpaired) electrons. The highest BCUT2D eigenvalue weighted by Gasteiger charge is 2.14. The molecule has 0 fully saturated rings. The van der Waals surface area contributed by atoms with Gasteiger partial charge in [-0.15, -0.1) is 0 Å². The molecule has 3 heteroatoms. The summed E-state index contributed by atoms with van der Waals surface area (Å²) in [6.45, 7) is 11.5. The highest BCUT2D eigenvalue weighted by molar-refractivity contribution is 6.22. The van der Waals surface area contributed by atoms with Crippen LogP contribution in [-0.4, -0.2) is 13.7 Å². The molecule has 0 rings (SSSR count). The van der Waals surface area contributed by atoms with Crippen molar-refractivity contribution in [2.24, 2.45) is 16.1 Å². The van der Waals surface area contributed by atoms with Crippen molar-refractivity contribution in [2.45, 2.75) is 27.7 Å². The Morgan fingerprint density at radius 2 is 1.92 bits per heavy atom. The minimum absolute atomic E-state index is 0.145. The molecule has 0 aromatic heterocycles. The molecule has 0 saturated heterocycles. The lowest BCUT2D eigenvalue weighted by molar-refractivity contribution is 0.584. The molecule has 0 aliphatic heterocycles. The SMILES string of the molecule is [B]/C(=C/C(=C)C)N=C(N)C(C)(C)C.